The van der Waals surface area contributed by atoms with Gasteiger partial charge in [0, 0.05) is 12.2 Å². The minimum absolute atomic E-state index is 0.220. The van der Waals surface area contributed by atoms with Gasteiger partial charge in [0.05, 0.1) is 38.5 Å². The van der Waals surface area contributed by atoms with Crippen LogP contribution in [-0.4, -0.2) is 33.2 Å². The molecule has 2 aromatic rings. The van der Waals surface area contributed by atoms with Gasteiger partial charge in [-0.1, -0.05) is 6.07 Å². The van der Waals surface area contributed by atoms with Crippen LogP contribution in [0, 0.1) is 17.1 Å². The molecule has 3 rings (SSSR count). The second-order valence-corrected chi connectivity index (χ2v) is 6.03. The molecule has 1 saturated heterocycles. The molecule has 1 heterocycles. The standard InChI is InChI=1S/C20H21FN2O3/c1-24-19-8-5-16(11-18(19)21)13-23(14-20-25-9-2-10-26-20)17-6-3-15(12-22)4-7-17/h3-8,11,20H,2,9-10,13-14H2,1H3. The Labute approximate surface area is 152 Å². The largest absolute Gasteiger partial charge is 0.494 e. The second kappa shape index (κ2) is 8.65. The first-order chi connectivity index (χ1) is 12.7. The van der Waals surface area contributed by atoms with E-state index in [9.17, 15) is 4.39 Å². The van der Waals surface area contributed by atoms with E-state index in [-0.39, 0.29) is 12.0 Å². The van der Waals surface area contributed by atoms with Crippen molar-refractivity contribution >= 4 is 5.69 Å². The van der Waals surface area contributed by atoms with Gasteiger partial charge in [-0.05, 0) is 48.4 Å². The first kappa shape index (κ1) is 18.2. The fourth-order valence-electron chi connectivity index (χ4n) is 2.86. The van der Waals surface area contributed by atoms with E-state index < -0.39 is 5.82 Å². The minimum Gasteiger partial charge on any atom is -0.494 e. The minimum atomic E-state index is -0.394. The van der Waals surface area contributed by atoms with E-state index in [0.29, 0.717) is 31.9 Å². The van der Waals surface area contributed by atoms with E-state index in [4.69, 9.17) is 19.5 Å². The van der Waals surface area contributed by atoms with Crippen molar-refractivity contribution in [2.45, 2.75) is 19.3 Å². The van der Waals surface area contributed by atoms with Gasteiger partial charge in [-0.25, -0.2) is 4.39 Å². The smallest absolute Gasteiger partial charge is 0.174 e. The van der Waals surface area contributed by atoms with Crippen LogP contribution in [0.5, 0.6) is 5.75 Å². The Bertz CT molecular complexity index is 768. The normalized spacial score (nSPS) is 14.7. The lowest BCUT2D eigenvalue weighted by atomic mass is 10.1. The van der Waals surface area contributed by atoms with Crippen LogP contribution in [0.15, 0.2) is 42.5 Å². The van der Waals surface area contributed by atoms with Crippen LogP contribution in [0.1, 0.15) is 17.5 Å². The van der Waals surface area contributed by atoms with Crippen molar-refractivity contribution in [3.63, 3.8) is 0 Å². The molecule has 26 heavy (non-hydrogen) atoms. The fraction of sp³-hybridized carbons (Fsp3) is 0.350. The quantitative estimate of drug-likeness (QED) is 0.793. The summed E-state index contributed by atoms with van der Waals surface area (Å²) in [6, 6.07) is 14.3. The molecule has 0 bridgehead atoms. The molecule has 0 atom stereocenters. The van der Waals surface area contributed by atoms with Gasteiger partial charge in [0.2, 0.25) is 0 Å². The molecule has 1 aliphatic rings. The molecule has 0 unspecified atom stereocenters. The highest BCUT2D eigenvalue weighted by Crippen LogP contribution is 2.23. The lowest BCUT2D eigenvalue weighted by Gasteiger charge is -2.31. The maximum atomic E-state index is 14.0. The van der Waals surface area contributed by atoms with E-state index in [0.717, 1.165) is 17.7 Å². The van der Waals surface area contributed by atoms with E-state index >= 15 is 0 Å². The van der Waals surface area contributed by atoms with Crippen LogP contribution in [0.4, 0.5) is 10.1 Å². The molecule has 1 aliphatic heterocycles. The number of anilines is 1. The van der Waals surface area contributed by atoms with Crippen molar-refractivity contribution in [2.75, 3.05) is 31.8 Å². The van der Waals surface area contributed by atoms with Crippen LogP contribution in [0.25, 0.3) is 0 Å². The fourth-order valence-corrected chi connectivity index (χ4v) is 2.86. The van der Waals surface area contributed by atoms with Gasteiger partial charge < -0.3 is 19.1 Å². The van der Waals surface area contributed by atoms with Crippen LogP contribution in [-0.2, 0) is 16.0 Å². The number of hydrogen-bond donors (Lipinski definition) is 0. The third-order valence-electron chi connectivity index (χ3n) is 4.22. The van der Waals surface area contributed by atoms with Crippen molar-refractivity contribution in [1.82, 2.24) is 0 Å². The average Bonchev–Trinajstić information content (AvgIpc) is 2.68. The molecule has 0 radical (unpaired) electrons. The third-order valence-corrected chi connectivity index (χ3v) is 4.22. The first-order valence-corrected chi connectivity index (χ1v) is 8.50. The predicted octanol–water partition coefficient (Wildman–Crippen LogP) is 3.48. The zero-order valence-electron chi connectivity index (χ0n) is 14.7. The van der Waals surface area contributed by atoms with E-state index in [1.165, 1.54) is 13.2 Å². The number of hydrogen-bond acceptors (Lipinski definition) is 5. The van der Waals surface area contributed by atoms with Crippen molar-refractivity contribution in [3.05, 3.63) is 59.4 Å². The van der Waals surface area contributed by atoms with Gasteiger partial charge in [0.1, 0.15) is 0 Å². The zero-order valence-corrected chi connectivity index (χ0v) is 14.7. The molecule has 0 amide bonds. The topological polar surface area (TPSA) is 54.7 Å². The Hall–Kier alpha value is -2.62. The molecule has 6 heteroatoms. The zero-order chi connectivity index (χ0) is 18.4. The summed E-state index contributed by atoms with van der Waals surface area (Å²) in [4.78, 5) is 2.05. The summed E-state index contributed by atoms with van der Waals surface area (Å²) in [5.41, 5.74) is 2.32. The Morgan fingerprint density at radius 2 is 1.92 bits per heavy atom. The Kier molecular flexibility index (Phi) is 6.05. The van der Waals surface area contributed by atoms with Crippen LogP contribution >= 0.6 is 0 Å². The van der Waals surface area contributed by atoms with Gasteiger partial charge in [-0.15, -0.1) is 0 Å². The van der Waals surface area contributed by atoms with Crippen LogP contribution in [0.2, 0.25) is 0 Å². The highest BCUT2D eigenvalue weighted by molar-refractivity contribution is 5.50. The Morgan fingerprint density at radius 3 is 2.54 bits per heavy atom. The number of methoxy groups -OCH3 is 1. The predicted molar refractivity (Wildman–Crippen MR) is 95.5 cm³/mol. The summed E-state index contributed by atoms with van der Waals surface area (Å²) in [6.45, 7) is 2.33. The maximum Gasteiger partial charge on any atom is 0.174 e. The summed E-state index contributed by atoms with van der Waals surface area (Å²) in [5, 5.41) is 8.99. The molecule has 136 valence electrons. The molecular formula is C20H21FN2O3. The van der Waals surface area contributed by atoms with E-state index in [1.54, 1.807) is 18.2 Å². The molecule has 0 spiro atoms. The molecule has 0 N–H and O–H groups in total. The number of nitrogens with zero attached hydrogens (tertiary/aromatic N) is 2. The van der Waals surface area contributed by atoms with Crippen molar-refractivity contribution in [1.29, 1.82) is 5.26 Å². The van der Waals surface area contributed by atoms with Crippen molar-refractivity contribution in [3.8, 4) is 11.8 Å². The molecule has 0 saturated carbocycles. The molecule has 0 aromatic heterocycles. The number of benzene rings is 2. The molecule has 0 aliphatic carbocycles. The van der Waals surface area contributed by atoms with Crippen LogP contribution in [0.3, 0.4) is 0 Å². The van der Waals surface area contributed by atoms with Gasteiger partial charge in [0.15, 0.2) is 17.9 Å². The lowest BCUT2D eigenvalue weighted by molar-refractivity contribution is -0.172. The summed E-state index contributed by atoms with van der Waals surface area (Å²) < 4.78 is 30.3. The summed E-state index contributed by atoms with van der Waals surface area (Å²) >= 11 is 0. The van der Waals surface area contributed by atoms with Gasteiger partial charge in [-0.2, -0.15) is 5.26 Å². The second-order valence-electron chi connectivity index (χ2n) is 6.03. The Morgan fingerprint density at radius 1 is 1.19 bits per heavy atom. The monoisotopic (exact) mass is 356 g/mol. The molecule has 2 aromatic carbocycles. The molecule has 5 nitrogen and oxygen atoms in total. The number of ether oxygens (including phenoxy) is 3. The summed E-state index contributed by atoms with van der Waals surface area (Å²) in [5.74, 6) is -0.174. The average molecular weight is 356 g/mol. The summed E-state index contributed by atoms with van der Waals surface area (Å²) in [7, 11) is 1.44. The molecule has 1 fully saturated rings. The molecular weight excluding hydrogens is 335 g/mol. The maximum absolute atomic E-state index is 14.0. The van der Waals surface area contributed by atoms with Gasteiger partial charge in [0.25, 0.3) is 0 Å². The van der Waals surface area contributed by atoms with Gasteiger partial charge in [-0.3, -0.25) is 0 Å². The van der Waals surface area contributed by atoms with E-state index in [1.807, 2.05) is 18.2 Å². The summed E-state index contributed by atoms with van der Waals surface area (Å²) in [6.07, 6.45) is 0.555. The highest BCUT2D eigenvalue weighted by atomic mass is 19.1. The lowest BCUT2D eigenvalue weighted by Crippen LogP contribution is -2.38. The SMILES string of the molecule is COc1ccc(CN(CC2OCCCO2)c2ccc(C#N)cc2)cc1F. The van der Waals surface area contributed by atoms with Crippen molar-refractivity contribution < 1.29 is 18.6 Å². The van der Waals surface area contributed by atoms with Gasteiger partial charge >= 0.3 is 0 Å². The highest BCUT2D eigenvalue weighted by Gasteiger charge is 2.19. The Balaban J connectivity index is 1.81. The van der Waals surface area contributed by atoms with E-state index in [2.05, 4.69) is 11.0 Å². The van der Waals surface area contributed by atoms with Crippen LogP contribution < -0.4 is 9.64 Å². The number of rotatable bonds is 6. The number of nitriles is 1. The third kappa shape index (κ3) is 4.51. The first-order valence-electron chi connectivity index (χ1n) is 8.50. The van der Waals surface area contributed by atoms with Crippen molar-refractivity contribution in [2.24, 2.45) is 0 Å². The number of halogens is 1.